The van der Waals surface area contributed by atoms with Crippen LogP contribution in [0.5, 0.6) is 5.75 Å². The highest BCUT2D eigenvalue weighted by Crippen LogP contribution is 2.12. The van der Waals surface area contributed by atoms with Crippen LogP contribution in [-0.4, -0.2) is 25.6 Å². The van der Waals surface area contributed by atoms with E-state index in [0.29, 0.717) is 11.8 Å². The van der Waals surface area contributed by atoms with Crippen molar-refractivity contribution in [2.45, 2.75) is 6.54 Å². The highest BCUT2D eigenvalue weighted by atomic mass is 19.1. The van der Waals surface area contributed by atoms with Gasteiger partial charge in [0, 0.05) is 6.54 Å². The van der Waals surface area contributed by atoms with Crippen LogP contribution < -0.4 is 10.1 Å². The van der Waals surface area contributed by atoms with Crippen LogP contribution in [0.2, 0.25) is 0 Å². The molecule has 0 saturated heterocycles. The van der Waals surface area contributed by atoms with Gasteiger partial charge in [0.05, 0.1) is 12.7 Å². The van der Waals surface area contributed by atoms with E-state index < -0.39 is 35.7 Å². The van der Waals surface area contributed by atoms with Gasteiger partial charge in [-0.2, -0.15) is 0 Å². The molecule has 0 aliphatic carbocycles. The maximum Gasteiger partial charge on any atom is 0.341 e. The van der Waals surface area contributed by atoms with Gasteiger partial charge in [-0.05, 0) is 35.9 Å². The minimum Gasteiger partial charge on any atom is -0.497 e. The highest BCUT2D eigenvalue weighted by Gasteiger charge is 2.15. The Morgan fingerprint density at radius 1 is 1.08 bits per heavy atom. The van der Waals surface area contributed by atoms with Gasteiger partial charge in [0.1, 0.15) is 17.4 Å². The Labute approximate surface area is 137 Å². The average Bonchev–Trinajstić information content (AvgIpc) is 2.60. The fourth-order valence-corrected chi connectivity index (χ4v) is 1.86. The largest absolute Gasteiger partial charge is 0.497 e. The lowest BCUT2D eigenvalue weighted by Crippen LogP contribution is -2.28. The zero-order valence-electron chi connectivity index (χ0n) is 12.8. The molecule has 126 valence electrons. The first-order valence-corrected chi connectivity index (χ1v) is 7.01. The van der Waals surface area contributed by atoms with Crippen molar-refractivity contribution in [3.8, 4) is 5.75 Å². The summed E-state index contributed by atoms with van der Waals surface area (Å²) in [5.41, 5.74) is 0.268. The van der Waals surface area contributed by atoms with Gasteiger partial charge in [0.15, 0.2) is 6.61 Å². The summed E-state index contributed by atoms with van der Waals surface area (Å²) in [5, 5.41) is 2.54. The molecule has 2 aromatic rings. The third-order valence-corrected chi connectivity index (χ3v) is 3.13. The van der Waals surface area contributed by atoms with Crippen molar-refractivity contribution in [1.29, 1.82) is 0 Å². The first kappa shape index (κ1) is 17.4. The normalized spacial score (nSPS) is 10.1. The van der Waals surface area contributed by atoms with E-state index in [1.807, 2.05) is 0 Å². The van der Waals surface area contributed by atoms with Crippen LogP contribution in [0.3, 0.4) is 0 Å². The van der Waals surface area contributed by atoms with Crippen LogP contribution in [0, 0.1) is 11.6 Å². The molecule has 0 unspecified atom stereocenters. The SMILES string of the molecule is COc1ccc(CNC(=O)COC(=O)c2cc(F)ccc2F)cc1. The molecule has 1 amide bonds. The number of carbonyl (C=O) groups excluding carboxylic acids is 2. The lowest BCUT2D eigenvalue weighted by molar-refractivity contribution is -0.124. The first-order chi connectivity index (χ1) is 11.5. The third kappa shape index (κ3) is 4.77. The molecule has 0 fully saturated rings. The Kier molecular flexibility index (Phi) is 5.83. The summed E-state index contributed by atoms with van der Waals surface area (Å²) < 4.78 is 36.1. The standard InChI is InChI=1S/C17H15F2NO4/c1-23-13-5-2-11(3-6-13)9-20-16(21)10-24-17(22)14-8-12(18)4-7-15(14)19/h2-8H,9-10H2,1H3,(H,20,21). The number of ether oxygens (including phenoxy) is 2. The Morgan fingerprint density at radius 3 is 2.46 bits per heavy atom. The fourth-order valence-electron chi connectivity index (χ4n) is 1.86. The Hall–Kier alpha value is -2.96. The lowest BCUT2D eigenvalue weighted by atomic mass is 10.2. The topological polar surface area (TPSA) is 64.6 Å². The molecule has 2 rings (SSSR count). The summed E-state index contributed by atoms with van der Waals surface area (Å²) in [4.78, 5) is 23.3. The van der Waals surface area contributed by atoms with Gasteiger partial charge in [-0.1, -0.05) is 12.1 Å². The summed E-state index contributed by atoms with van der Waals surface area (Å²) in [6, 6.07) is 9.44. The van der Waals surface area contributed by atoms with Gasteiger partial charge in [-0.3, -0.25) is 4.79 Å². The van der Waals surface area contributed by atoms with Crippen LogP contribution in [0.25, 0.3) is 0 Å². The van der Waals surface area contributed by atoms with E-state index in [0.717, 1.165) is 17.7 Å². The number of amides is 1. The van der Waals surface area contributed by atoms with Gasteiger partial charge in [-0.25, -0.2) is 13.6 Å². The maximum atomic E-state index is 13.4. The smallest absolute Gasteiger partial charge is 0.341 e. The van der Waals surface area contributed by atoms with E-state index >= 15 is 0 Å². The van der Waals surface area contributed by atoms with Gasteiger partial charge < -0.3 is 14.8 Å². The predicted molar refractivity (Wildman–Crippen MR) is 81.5 cm³/mol. The van der Waals surface area contributed by atoms with Crippen molar-refractivity contribution in [1.82, 2.24) is 5.32 Å². The van der Waals surface area contributed by atoms with Crippen LogP contribution in [0.4, 0.5) is 8.78 Å². The van der Waals surface area contributed by atoms with Crippen LogP contribution in [0.1, 0.15) is 15.9 Å². The van der Waals surface area contributed by atoms with Crippen molar-refractivity contribution in [3.05, 3.63) is 65.2 Å². The number of carbonyl (C=O) groups is 2. The minimum absolute atomic E-state index is 0.231. The Bertz CT molecular complexity index is 732. The predicted octanol–water partition coefficient (Wildman–Crippen LogP) is 2.45. The second kappa shape index (κ2) is 8.05. The maximum absolute atomic E-state index is 13.4. The van der Waals surface area contributed by atoms with E-state index in [-0.39, 0.29) is 6.54 Å². The van der Waals surface area contributed by atoms with Gasteiger partial charge in [0.25, 0.3) is 5.91 Å². The summed E-state index contributed by atoms with van der Waals surface area (Å²) in [7, 11) is 1.55. The lowest BCUT2D eigenvalue weighted by Gasteiger charge is -2.08. The molecule has 0 aliphatic rings. The second-order valence-corrected chi connectivity index (χ2v) is 4.83. The van der Waals surface area contributed by atoms with E-state index in [2.05, 4.69) is 10.1 Å². The number of methoxy groups -OCH3 is 1. The minimum atomic E-state index is -1.11. The first-order valence-electron chi connectivity index (χ1n) is 7.01. The van der Waals surface area contributed by atoms with E-state index in [9.17, 15) is 18.4 Å². The van der Waals surface area contributed by atoms with E-state index in [1.165, 1.54) is 0 Å². The van der Waals surface area contributed by atoms with E-state index in [4.69, 9.17) is 4.74 Å². The molecule has 5 nitrogen and oxygen atoms in total. The number of nitrogens with one attached hydrogen (secondary N) is 1. The molecule has 0 saturated carbocycles. The van der Waals surface area contributed by atoms with Crippen LogP contribution >= 0.6 is 0 Å². The number of esters is 1. The quantitative estimate of drug-likeness (QED) is 0.824. The van der Waals surface area contributed by atoms with Crippen LogP contribution in [-0.2, 0) is 16.1 Å². The van der Waals surface area contributed by atoms with E-state index in [1.54, 1.807) is 31.4 Å². The summed E-state index contributed by atoms with van der Waals surface area (Å²) in [5.74, 6) is -2.66. The van der Waals surface area contributed by atoms with Crippen molar-refractivity contribution < 1.29 is 27.8 Å². The summed E-state index contributed by atoms with van der Waals surface area (Å²) in [6.07, 6.45) is 0. The number of halogens is 2. The summed E-state index contributed by atoms with van der Waals surface area (Å²) in [6.45, 7) is -0.361. The van der Waals surface area contributed by atoms with Crippen LogP contribution in [0.15, 0.2) is 42.5 Å². The molecule has 0 bridgehead atoms. The monoisotopic (exact) mass is 335 g/mol. The molecule has 1 N–H and O–H groups in total. The van der Waals surface area contributed by atoms with Crippen molar-refractivity contribution in [2.24, 2.45) is 0 Å². The number of hydrogen-bond acceptors (Lipinski definition) is 4. The molecule has 0 aliphatic heterocycles. The Balaban J connectivity index is 1.82. The molecular formula is C17H15F2NO4. The molecule has 0 atom stereocenters. The molecule has 0 spiro atoms. The molecule has 0 radical (unpaired) electrons. The van der Waals surface area contributed by atoms with Crippen molar-refractivity contribution in [3.63, 3.8) is 0 Å². The average molecular weight is 335 g/mol. The number of hydrogen-bond donors (Lipinski definition) is 1. The summed E-state index contributed by atoms with van der Waals surface area (Å²) >= 11 is 0. The molecular weight excluding hydrogens is 320 g/mol. The zero-order chi connectivity index (χ0) is 17.5. The Morgan fingerprint density at radius 2 is 1.79 bits per heavy atom. The van der Waals surface area contributed by atoms with Gasteiger partial charge in [-0.15, -0.1) is 0 Å². The number of rotatable bonds is 6. The number of benzene rings is 2. The van der Waals surface area contributed by atoms with Gasteiger partial charge >= 0.3 is 5.97 Å². The van der Waals surface area contributed by atoms with Crippen molar-refractivity contribution in [2.75, 3.05) is 13.7 Å². The zero-order valence-corrected chi connectivity index (χ0v) is 12.8. The molecule has 24 heavy (non-hydrogen) atoms. The molecule has 0 heterocycles. The van der Waals surface area contributed by atoms with Gasteiger partial charge in [0.2, 0.25) is 0 Å². The molecule has 7 heteroatoms. The molecule has 2 aromatic carbocycles. The van der Waals surface area contributed by atoms with Crippen molar-refractivity contribution >= 4 is 11.9 Å². The fraction of sp³-hybridized carbons (Fsp3) is 0.176. The second-order valence-electron chi connectivity index (χ2n) is 4.83. The molecule has 0 aromatic heterocycles. The highest BCUT2D eigenvalue weighted by molar-refractivity contribution is 5.91. The third-order valence-electron chi connectivity index (χ3n) is 3.13.